The molecule has 98 valence electrons. The Morgan fingerprint density at radius 1 is 1.21 bits per heavy atom. The zero-order chi connectivity index (χ0) is 13.6. The largest absolute Gasteiger partial charge is 0.364 e. The van der Waals surface area contributed by atoms with Crippen molar-refractivity contribution in [3.8, 4) is 11.1 Å². The number of aromatic nitrogens is 1. The number of fused-ring (bicyclic) bond motifs is 1. The number of H-pyrrole nitrogens is 1. The Kier molecular flexibility index (Phi) is 2.68. The van der Waals surface area contributed by atoms with Gasteiger partial charge >= 0.3 is 0 Å². The van der Waals surface area contributed by atoms with Crippen LogP contribution in [0, 0.1) is 0 Å². The van der Waals surface area contributed by atoms with Crippen LogP contribution < -0.4 is 5.32 Å². The summed E-state index contributed by atoms with van der Waals surface area (Å²) in [4.78, 5) is 15.5. The van der Waals surface area contributed by atoms with Gasteiger partial charge in [-0.15, -0.1) is 0 Å². The molecule has 0 aliphatic carbocycles. The molecular formula is C15H15ClN2O. The third-order valence-electron chi connectivity index (χ3n) is 3.41. The number of hydrogen-bond acceptors (Lipinski definition) is 1. The van der Waals surface area contributed by atoms with E-state index in [1.807, 2.05) is 44.3 Å². The number of rotatable bonds is 1. The number of benzene rings is 1. The summed E-state index contributed by atoms with van der Waals surface area (Å²) in [5, 5.41) is 3.73. The van der Waals surface area contributed by atoms with Crippen molar-refractivity contribution >= 4 is 17.5 Å². The van der Waals surface area contributed by atoms with Gasteiger partial charge in [0, 0.05) is 34.4 Å². The summed E-state index contributed by atoms with van der Waals surface area (Å²) in [6.45, 7) is 4.05. The first-order valence-corrected chi connectivity index (χ1v) is 6.63. The van der Waals surface area contributed by atoms with Crippen LogP contribution in [0.4, 0.5) is 0 Å². The third-order valence-corrected chi connectivity index (χ3v) is 3.67. The number of halogens is 1. The average Bonchev–Trinajstić information content (AvgIpc) is 2.72. The standard InChI is InChI=1S/C15H15ClN2O/c1-15(2)7-12-13(14(19)18-15)11(8-17-12)9-3-5-10(16)6-4-9/h3-6,8,17H,7H2,1-2H3,(H,18,19). The van der Waals surface area contributed by atoms with E-state index < -0.39 is 0 Å². The van der Waals surface area contributed by atoms with Crippen LogP contribution in [-0.4, -0.2) is 16.4 Å². The van der Waals surface area contributed by atoms with Crippen LogP contribution in [-0.2, 0) is 6.42 Å². The van der Waals surface area contributed by atoms with Crippen molar-refractivity contribution in [1.29, 1.82) is 0 Å². The van der Waals surface area contributed by atoms with Gasteiger partial charge in [-0.05, 0) is 31.5 Å². The molecule has 1 aliphatic heterocycles. The molecule has 0 radical (unpaired) electrons. The van der Waals surface area contributed by atoms with Crippen LogP contribution in [0.2, 0.25) is 5.02 Å². The number of carbonyl (C=O) groups excluding carboxylic acids is 1. The quantitative estimate of drug-likeness (QED) is 0.822. The van der Waals surface area contributed by atoms with E-state index in [1.165, 1.54) is 0 Å². The Morgan fingerprint density at radius 2 is 1.89 bits per heavy atom. The van der Waals surface area contributed by atoms with E-state index in [9.17, 15) is 4.79 Å². The first-order chi connectivity index (χ1) is 8.96. The molecule has 3 rings (SSSR count). The molecule has 2 aromatic rings. The monoisotopic (exact) mass is 274 g/mol. The number of nitrogens with one attached hydrogen (secondary N) is 2. The van der Waals surface area contributed by atoms with Gasteiger partial charge in [-0.1, -0.05) is 23.7 Å². The molecule has 0 bridgehead atoms. The molecule has 0 unspecified atom stereocenters. The summed E-state index contributed by atoms with van der Waals surface area (Å²) in [5.41, 5.74) is 3.48. The van der Waals surface area contributed by atoms with Crippen molar-refractivity contribution in [1.82, 2.24) is 10.3 Å². The normalized spacial score (nSPS) is 16.9. The molecule has 2 N–H and O–H groups in total. The molecule has 0 saturated carbocycles. The molecular weight excluding hydrogens is 260 g/mol. The third kappa shape index (κ3) is 2.15. The molecule has 1 aromatic heterocycles. The summed E-state index contributed by atoms with van der Waals surface area (Å²) in [5.74, 6) is -0.0162. The topological polar surface area (TPSA) is 44.9 Å². The van der Waals surface area contributed by atoms with E-state index in [1.54, 1.807) is 0 Å². The van der Waals surface area contributed by atoms with E-state index in [0.717, 1.165) is 28.8 Å². The fourth-order valence-corrected chi connectivity index (χ4v) is 2.70. The second-order valence-electron chi connectivity index (χ2n) is 5.58. The van der Waals surface area contributed by atoms with Crippen molar-refractivity contribution in [2.24, 2.45) is 0 Å². The second kappa shape index (κ2) is 4.14. The maximum absolute atomic E-state index is 12.3. The smallest absolute Gasteiger partial charge is 0.254 e. The highest BCUT2D eigenvalue weighted by Gasteiger charge is 2.33. The van der Waals surface area contributed by atoms with Gasteiger partial charge in [0.25, 0.3) is 5.91 Å². The maximum atomic E-state index is 12.3. The van der Waals surface area contributed by atoms with Gasteiger partial charge in [0.05, 0.1) is 5.56 Å². The Hall–Kier alpha value is -1.74. The molecule has 0 spiro atoms. The highest BCUT2D eigenvalue weighted by atomic mass is 35.5. The summed E-state index contributed by atoms with van der Waals surface area (Å²) < 4.78 is 0. The van der Waals surface area contributed by atoms with E-state index in [4.69, 9.17) is 11.6 Å². The van der Waals surface area contributed by atoms with Crippen molar-refractivity contribution in [2.75, 3.05) is 0 Å². The summed E-state index contributed by atoms with van der Waals surface area (Å²) >= 11 is 5.90. The maximum Gasteiger partial charge on any atom is 0.254 e. The minimum atomic E-state index is -0.202. The van der Waals surface area contributed by atoms with Crippen LogP contribution in [0.1, 0.15) is 29.9 Å². The lowest BCUT2D eigenvalue weighted by Gasteiger charge is -2.31. The van der Waals surface area contributed by atoms with E-state index in [0.29, 0.717) is 5.02 Å². The summed E-state index contributed by atoms with van der Waals surface area (Å²) in [7, 11) is 0. The van der Waals surface area contributed by atoms with Crippen LogP contribution in [0.15, 0.2) is 30.5 Å². The Morgan fingerprint density at radius 3 is 2.58 bits per heavy atom. The number of aromatic amines is 1. The lowest BCUT2D eigenvalue weighted by atomic mass is 9.89. The first-order valence-electron chi connectivity index (χ1n) is 6.25. The van der Waals surface area contributed by atoms with Crippen LogP contribution >= 0.6 is 11.6 Å². The molecule has 2 heterocycles. The van der Waals surface area contributed by atoms with Gasteiger partial charge in [0.15, 0.2) is 0 Å². The summed E-state index contributed by atoms with van der Waals surface area (Å²) in [6.07, 6.45) is 2.70. The molecule has 4 heteroatoms. The second-order valence-corrected chi connectivity index (χ2v) is 6.01. The van der Waals surface area contributed by atoms with Crippen molar-refractivity contribution < 1.29 is 4.79 Å². The predicted octanol–water partition coefficient (Wildman–Crippen LogP) is 3.40. The Bertz CT molecular complexity index is 641. The van der Waals surface area contributed by atoms with Crippen molar-refractivity contribution in [3.05, 3.63) is 46.7 Å². The molecule has 3 nitrogen and oxygen atoms in total. The fraction of sp³-hybridized carbons (Fsp3) is 0.267. The zero-order valence-corrected chi connectivity index (χ0v) is 11.6. The number of amides is 1. The molecule has 1 aliphatic rings. The highest BCUT2D eigenvalue weighted by Crippen LogP contribution is 2.32. The predicted molar refractivity (Wildman–Crippen MR) is 76.5 cm³/mol. The van der Waals surface area contributed by atoms with E-state index in [-0.39, 0.29) is 11.4 Å². The van der Waals surface area contributed by atoms with Gasteiger partial charge in [-0.3, -0.25) is 4.79 Å². The first kappa shape index (κ1) is 12.3. The van der Waals surface area contributed by atoms with Crippen LogP contribution in [0.25, 0.3) is 11.1 Å². The van der Waals surface area contributed by atoms with Crippen LogP contribution in [0.5, 0.6) is 0 Å². The molecule has 0 atom stereocenters. The van der Waals surface area contributed by atoms with E-state index in [2.05, 4.69) is 10.3 Å². The van der Waals surface area contributed by atoms with E-state index >= 15 is 0 Å². The zero-order valence-electron chi connectivity index (χ0n) is 10.9. The molecule has 0 saturated heterocycles. The van der Waals surface area contributed by atoms with Gasteiger partial charge in [-0.25, -0.2) is 0 Å². The Balaban J connectivity index is 2.09. The van der Waals surface area contributed by atoms with Crippen molar-refractivity contribution in [3.63, 3.8) is 0 Å². The van der Waals surface area contributed by atoms with Gasteiger partial charge < -0.3 is 10.3 Å². The van der Waals surface area contributed by atoms with Gasteiger partial charge in [0.1, 0.15) is 0 Å². The summed E-state index contributed by atoms with van der Waals surface area (Å²) in [6, 6.07) is 7.53. The lowest BCUT2D eigenvalue weighted by molar-refractivity contribution is 0.0897. The van der Waals surface area contributed by atoms with Crippen molar-refractivity contribution in [2.45, 2.75) is 25.8 Å². The molecule has 19 heavy (non-hydrogen) atoms. The highest BCUT2D eigenvalue weighted by molar-refractivity contribution is 6.30. The van der Waals surface area contributed by atoms with Crippen LogP contribution in [0.3, 0.4) is 0 Å². The number of carbonyl (C=O) groups is 1. The van der Waals surface area contributed by atoms with Gasteiger partial charge in [0.2, 0.25) is 0 Å². The van der Waals surface area contributed by atoms with Gasteiger partial charge in [-0.2, -0.15) is 0 Å². The Labute approximate surface area is 117 Å². The average molecular weight is 275 g/mol. The minimum Gasteiger partial charge on any atom is -0.364 e. The number of hydrogen-bond donors (Lipinski definition) is 2. The molecule has 0 fully saturated rings. The SMILES string of the molecule is CC1(C)Cc2[nH]cc(-c3ccc(Cl)cc3)c2C(=O)N1. The minimum absolute atomic E-state index is 0.0162. The molecule has 1 aromatic carbocycles. The lowest BCUT2D eigenvalue weighted by Crippen LogP contribution is -2.49. The fourth-order valence-electron chi connectivity index (χ4n) is 2.58. The molecule has 1 amide bonds.